The highest BCUT2D eigenvalue weighted by Gasteiger charge is 2.51. The van der Waals surface area contributed by atoms with E-state index in [1.807, 2.05) is 12.1 Å². The van der Waals surface area contributed by atoms with Crippen LogP contribution in [0.25, 0.3) is 0 Å². The van der Waals surface area contributed by atoms with Crippen molar-refractivity contribution in [2.24, 2.45) is 0 Å². The van der Waals surface area contributed by atoms with Crippen molar-refractivity contribution in [3.05, 3.63) is 60.7 Å². The second-order valence-electron chi connectivity index (χ2n) is 10.3. The highest BCUT2D eigenvalue weighted by molar-refractivity contribution is 5.89. The van der Waals surface area contributed by atoms with Gasteiger partial charge in [0.15, 0.2) is 6.04 Å². The van der Waals surface area contributed by atoms with E-state index in [4.69, 9.17) is 0 Å². The molecule has 0 amide bonds. The lowest BCUT2D eigenvalue weighted by Crippen LogP contribution is -2.49. The number of hydrogen-bond donors (Lipinski definition) is 2. The fourth-order valence-electron chi connectivity index (χ4n) is 5.26. The Hall–Kier alpha value is -1.87. The van der Waals surface area contributed by atoms with Crippen molar-refractivity contribution in [1.29, 1.82) is 0 Å². The molecule has 2 unspecified atom stereocenters. The molecular weight excluding hydrogens is 428 g/mol. The largest absolute Gasteiger partial charge is 0.350 e. The Kier molecular flexibility index (Phi) is 14.7. The Balaban J connectivity index is 1.58. The van der Waals surface area contributed by atoms with Crippen LogP contribution in [0, 0.1) is 0 Å². The van der Waals surface area contributed by atoms with E-state index in [0.717, 1.165) is 18.7 Å². The molecule has 0 spiro atoms. The highest BCUT2D eigenvalue weighted by atomic mass is 16.3. The van der Waals surface area contributed by atoms with Crippen LogP contribution in [0.3, 0.4) is 0 Å². The minimum Gasteiger partial charge on any atom is -0.350 e. The number of nitrogens with one attached hydrogen (secondary N) is 1. The standard InChI is InChI=1S/C32H52N2O/c1-4-7-8-9-10-11-12-13-14-15-16-17-18-19-20-24-27-30-32(35,6-3)34(31(5-2)33-30)28-29-25-22-21-23-26-29/h5,13-14,21-23,25-26,30,35H,2,4,6-12,15-20,24,27-28H2,1,3H3/p+1/b14-13-. The summed E-state index contributed by atoms with van der Waals surface area (Å²) in [7, 11) is 0. The number of amidine groups is 1. The van der Waals surface area contributed by atoms with Crippen molar-refractivity contribution in [2.45, 2.75) is 135 Å². The van der Waals surface area contributed by atoms with Gasteiger partial charge < -0.3 is 5.11 Å². The summed E-state index contributed by atoms with van der Waals surface area (Å²) in [5.41, 5.74) is 0.347. The zero-order chi connectivity index (χ0) is 25.2. The van der Waals surface area contributed by atoms with E-state index in [2.05, 4.69) is 66.7 Å². The molecule has 1 aromatic rings. The third-order valence-corrected chi connectivity index (χ3v) is 7.54. The third kappa shape index (κ3) is 10.3. The van der Waals surface area contributed by atoms with Gasteiger partial charge in [-0.3, -0.25) is 5.32 Å². The lowest BCUT2D eigenvalue weighted by molar-refractivity contribution is -0.665. The smallest absolute Gasteiger partial charge is 0.272 e. The van der Waals surface area contributed by atoms with E-state index < -0.39 is 5.72 Å². The van der Waals surface area contributed by atoms with Crippen LogP contribution >= 0.6 is 0 Å². The zero-order valence-electron chi connectivity index (χ0n) is 22.8. The molecule has 3 heteroatoms. The molecule has 2 N–H and O–H groups in total. The molecule has 1 aliphatic rings. The predicted octanol–water partition coefficient (Wildman–Crippen LogP) is 8.28. The van der Waals surface area contributed by atoms with Crippen molar-refractivity contribution in [1.82, 2.24) is 5.32 Å². The quantitative estimate of drug-likeness (QED) is 0.112. The lowest BCUT2D eigenvalue weighted by atomic mass is 9.95. The summed E-state index contributed by atoms with van der Waals surface area (Å²) in [6.07, 6.45) is 26.8. The average Bonchev–Trinajstić information content (AvgIpc) is 3.15. The maximum absolute atomic E-state index is 11.6. The van der Waals surface area contributed by atoms with Gasteiger partial charge >= 0.3 is 0 Å². The monoisotopic (exact) mass is 481 g/mol. The van der Waals surface area contributed by atoms with Gasteiger partial charge in [-0.2, -0.15) is 0 Å². The number of aliphatic hydroxyl groups is 1. The van der Waals surface area contributed by atoms with Gasteiger partial charge in [0.1, 0.15) is 6.54 Å². The van der Waals surface area contributed by atoms with Crippen LogP contribution in [0.15, 0.2) is 55.1 Å². The molecule has 0 saturated heterocycles. The molecule has 0 saturated carbocycles. The highest BCUT2D eigenvalue weighted by Crippen LogP contribution is 2.28. The molecule has 35 heavy (non-hydrogen) atoms. The van der Waals surface area contributed by atoms with Crippen LogP contribution in [0.4, 0.5) is 0 Å². The first kappa shape index (κ1) is 29.4. The molecule has 0 radical (unpaired) electrons. The summed E-state index contributed by atoms with van der Waals surface area (Å²) in [6, 6.07) is 10.4. The van der Waals surface area contributed by atoms with E-state index in [9.17, 15) is 5.11 Å². The molecule has 0 aromatic heterocycles. The summed E-state index contributed by atoms with van der Waals surface area (Å²) >= 11 is 0. The maximum Gasteiger partial charge on any atom is 0.272 e. The van der Waals surface area contributed by atoms with Gasteiger partial charge in [0.05, 0.1) is 0 Å². The Morgan fingerprint density at radius 1 is 0.857 bits per heavy atom. The first-order valence-corrected chi connectivity index (χ1v) is 14.6. The number of nitrogens with zero attached hydrogens (tertiary/aromatic N) is 1. The van der Waals surface area contributed by atoms with Crippen LogP contribution in [0.2, 0.25) is 0 Å². The molecule has 1 aromatic carbocycles. The number of hydrogen-bond acceptors (Lipinski definition) is 2. The molecule has 1 aliphatic heterocycles. The molecule has 0 aliphatic carbocycles. The first-order chi connectivity index (χ1) is 17.2. The van der Waals surface area contributed by atoms with Crippen LogP contribution in [-0.2, 0) is 6.54 Å². The fraction of sp³-hybridized carbons (Fsp3) is 0.656. The second kappa shape index (κ2) is 17.5. The fourth-order valence-corrected chi connectivity index (χ4v) is 5.26. The molecule has 0 fully saturated rings. The second-order valence-corrected chi connectivity index (χ2v) is 10.3. The minimum absolute atomic E-state index is 0.0565. The molecule has 0 bridgehead atoms. The summed E-state index contributed by atoms with van der Waals surface area (Å²) in [6.45, 7) is 9.05. The first-order valence-electron chi connectivity index (χ1n) is 14.6. The Morgan fingerprint density at radius 2 is 1.43 bits per heavy atom. The Morgan fingerprint density at radius 3 is 2.00 bits per heavy atom. The topological polar surface area (TPSA) is 35.3 Å². The van der Waals surface area contributed by atoms with E-state index in [-0.39, 0.29) is 6.04 Å². The van der Waals surface area contributed by atoms with E-state index >= 15 is 0 Å². The normalized spacial score (nSPS) is 20.0. The van der Waals surface area contributed by atoms with Gasteiger partial charge in [0.2, 0.25) is 5.72 Å². The Labute approximate surface area is 216 Å². The van der Waals surface area contributed by atoms with Gasteiger partial charge in [-0.05, 0) is 44.1 Å². The number of allylic oxidation sites excluding steroid dienone is 2. The average molecular weight is 482 g/mol. The van der Waals surface area contributed by atoms with Crippen molar-refractivity contribution >= 4 is 5.84 Å². The van der Waals surface area contributed by atoms with Crippen LogP contribution in [0.5, 0.6) is 0 Å². The molecule has 196 valence electrons. The lowest BCUT2D eigenvalue weighted by Gasteiger charge is -2.27. The third-order valence-electron chi connectivity index (χ3n) is 7.54. The number of rotatable bonds is 20. The maximum atomic E-state index is 11.6. The molecular formula is C32H53N2O+. The Bertz CT molecular complexity index is 754. The number of unbranched alkanes of at least 4 members (excludes halogenated alkanes) is 12. The number of benzene rings is 1. The summed E-state index contributed by atoms with van der Waals surface area (Å²) in [5, 5.41) is 15.2. The van der Waals surface area contributed by atoms with Gasteiger partial charge in [-0.25, -0.2) is 4.58 Å². The van der Waals surface area contributed by atoms with E-state index in [1.165, 1.54) is 89.0 Å². The van der Waals surface area contributed by atoms with E-state index in [0.29, 0.717) is 13.0 Å². The predicted molar refractivity (Wildman–Crippen MR) is 152 cm³/mol. The van der Waals surface area contributed by atoms with Crippen molar-refractivity contribution in [3.8, 4) is 0 Å². The van der Waals surface area contributed by atoms with Gasteiger partial charge in [0.25, 0.3) is 5.84 Å². The van der Waals surface area contributed by atoms with Crippen LogP contribution < -0.4 is 5.32 Å². The van der Waals surface area contributed by atoms with Crippen molar-refractivity contribution < 1.29 is 9.68 Å². The van der Waals surface area contributed by atoms with Crippen molar-refractivity contribution in [3.63, 3.8) is 0 Å². The van der Waals surface area contributed by atoms with Gasteiger partial charge in [0, 0.05) is 12.5 Å². The minimum atomic E-state index is -0.860. The van der Waals surface area contributed by atoms with E-state index in [1.54, 1.807) is 0 Å². The SMILES string of the molecule is C=CC1=[N+](Cc2ccccc2)C(O)(CC)C(CCCCCCCC/C=C\CCCCCCCC)N1. The van der Waals surface area contributed by atoms with Crippen LogP contribution in [-0.4, -0.2) is 27.3 Å². The zero-order valence-corrected chi connectivity index (χ0v) is 22.8. The molecule has 2 atom stereocenters. The molecule has 1 heterocycles. The summed E-state index contributed by atoms with van der Waals surface area (Å²) < 4.78 is 2.11. The summed E-state index contributed by atoms with van der Waals surface area (Å²) in [4.78, 5) is 0. The summed E-state index contributed by atoms with van der Waals surface area (Å²) in [5.74, 6) is 0.952. The van der Waals surface area contributed by atoms with Gasteiger partial charge in [-0.1, -0.05) is 121 Å². The molecule has 2 rings (SSSR count). The molecule has 3 nitrogen and oxygen atoms in total. The van der Waals surface area contributed by atoms with Gasteiger partial charge in [-0.15, -0.1) is 0 Å². The van der Waals surface area contributed by atoms with Crippen molar-refractivity contribution in [2.75, 3.05) is 0 Å². The van der Waals surface area contributed by atoms with Crippen LogP contribution in [0.1, 0.15) is 122 Å².